The van der Waals surface area contributed by atoms with Crippen molar-refractivity contribution < 1.29 is 14.7 Å². The number of imidazole rings is 1. The summed E-state index contributed by atoms with van der Waals surface area (Å²) in [6.45, 7) is 3.70. The van der Waals surface area contributed by atoms with Gasteiger partial charge >= 0.3 is 12.0 Å². The van der Waals surface area contributed by atoms with E-state index < -0.39 is 18.0 Å². The van der Waals surface area contributed by atoms with Crippen LogP contribution in [0, 0.1) is 0 Å². The largest absolute Gasteiger partial charge is 0.480 e. The normalized spacial score (nSPS) is 12.2. The summed E-state index contributed by atoms with van der Waals surface area (Å²) in [5, 5.41) is 11.5. The molecule has 100 valence electrons. The number of aliphatic carboxylic acids is 1. The molecule has 7 nitrogen and oxygen atoms in total. The maximum Gasteiger partial charge on any atom is 0.326 e. The molecular formula is C11H18N4O3. The molecule has 1 unspecified atom stereocenters. The lowest BCUT2D eigenvalue weighted by molar-refractivity contribution is -0.139. The van der Waals surface area contributed by atoms with Gasteiger partial charge in [0.2, 0.25) is 0 Å². The third-order valence-corrected chi connectivity index (χ3v) is 2.67. The number of urea groups is 1. The van der Waals surface area contributed by atoms with E-state index in [9.17, 15) is 9.59 Å². The zero-order valence-corrected chi connectivity index (χ0v) is 10.7. The van der Waals surface area contributed by atoms with Crippen molar-refractivity contribution in [1.29, 1.82) is 0 Å². The summed E-state index contributed by atoms with van der Waals surface area (Å²) in [5.74, 6) is -1.07. The number of aromatic nitrogens is 2. The number of nitrogens with one attached hydrogen (secondary N) is 2. The van der Waals surface area contributed by atoms with Crippen molar-refractivity contribution >= 4 is 12.0 Å². The van der Waals surface area contributed by atoms with Gasteiger partial charge in [-0.2, -0.15) is 0 Å². The molecule has 0 fully saturated rings. The molecule has 0 saturated heterocycles. The molecule has 0 aromatic carbocycles. The average Bonchev–Trinajstić information content (AvgIpc) is 2.79. The first kappa shape index (κ1) is 14.0. The molecule has 0 aliphatic carbocycles. The summed E-state index contributed by atoms with van der Waals surface area (Å²) in [6.07, 6.45) is 3.18. The minimum absolute atomic E-state index is 0.00611. The molecule has 0 spiro atoms. The van der Waals surface area contributed by atoms with Gasteiger partial charge in [0.15, 0.2) is 0 Å². The molecule has 1 atom stereocenters. The Morgan fingerprint density at radius 3 is 2.67 bits per heavy atom. The summed E-state index contributed by atoms with van der Waals surface area (Å²) >= 11 is 0. The molecule has 0 aliphatic heterocycles. The predicted octanol–water partition coefficient (Wildman–Crippen LogP) is 0.455. The maximum absolute atomic E-state index is 11.8. The van der Waals surface area contributed by atoms with Crippen molar-refractivity contribution in [3.63, 3.8) is 0 Å². The number of carboxylic acid groups (broad SMARTS) is 1. The Balaban J connectivity index is 2.64. The number of carboxylic acids is 1. The number of aromatic amines is 1. The topological polar surface area (TPSA) is 98.3 Å². The van der Waals surface area contributed by atoms with Crippen LogP contribution < -0.4 is 5.32 Å². The van der Waals surface area contributed by atoms with Gasteiger partial charge < -0.3 is 20.3 Å². The van der Waals surface area contributed by atoms with Crippen molar-refractivity contribution in [2.75, 3.05) is 7.05 Å². The Morgan fingerprint density at radius 1 is 1.56 bits per heavy atom. The van der Waals surface area contributed by atoms with Crippen molar-refractivity contribution in [2.24, 2.45) is 0 Å². The fraction of sp³-hybridized carbons (Fsp3) is 0.545. The Labute approximate surface area is 105 Å². The Bertz CT molecular complexity index is 402. The third kappa shape index (κ3) is 3.76. The van der Waals surface area contributed by atoms with Crippen molar-refractivity contribution in [3.8, 4) is 0 Å². The number of hydrogen-bond donors (Lipinski definition) is 3. The molecule has 0 saturated carbocycles. The van der Waals surface area contributed by atoms with Gasteiger partial charge in [-0.15, -0.1) is 0 Å². The average molecular weight is 254 g/mol. The van der Waals surface area contributed by atoms with Crippen molar-refractivity contribution in [1.82, 2.24) is 20.2 Å². The number of carbonyl (C=O) groups excluding carboxylic acids is 1. The molecule has 0 radical (unpaired) electrons. The van der Waals surface area contributed by atoms with Crippen LogP contribution in [0.1, 0.15) is 19.5 Å². The van der Waals surface area contributed by atoms with E-state index in [1.54, 1.807) is 7.05 Å². The second-order valence-corrected chi connectivity index (χ2v) is 4.33. The number of hydrogen-bond acceptors (Lipinski definition) is 3. The van der Waals surface area contributed by atoms with Crippen molar-refractivity contribution in [3.05, 3.63) is 18.2 Å². The molecule has 1 heterocycles. The van der Waals surface area contributed by atoms with E-state index in [4.69, 9.17) is 5.11 Å². The first-order valence-corrected chi connectivity index (χ1v) is 5.65. The van der Waals surface area contributed by atoms with Crippen LogP contribution in [0.25, 0.3) is 0 Å². The zero-order valence-electron chi connectivity index (χ0n) is 10.7. The van der Waals surface area contributed by atoms with Crippen LogP contribution in [0.15, 0.2) is 12.5 Å². The minimum atomic E-state index is -1.07. The molecule has 1 aromatic heterocycles. The van der Waals surface area contributed by atoms with Crippen molar-refractivity contribution in [2.45, 2.75) is 32.4 Å². The van der Waals surface area contributed by atoms with Crippen LogP contribution >= 0.6 is 0 Å². The van der Waals surface area contributed by atoms with E-state index in [0.29, 0.717) is 5.69 Å². The van der Waals surface area contributed by atoms with Crippen LogP contribution in [0.3, 0.4) is 0 Å². The smallest absolute Gasteiger partial charge is 0.326 e. The minimum Gasteiger partial charge on any atom is -0.480 e. The van der Waals surface area contributed by atoms with Gasteiger partial charge in [0, 0.05) is 31.4 Å². The maximum atomic E-state index is 11.8. The highest BCUT2D eigenvalue weighted by molar-refractivity contribution is 5.82. The molecule has 3 N–H and O–H groups in total. The lowest BCUT2D eigenvalue weighted by Gasteiger charge is -2.24. The molecule has 2 amide bonds. The second-order valence-electron chi connectivity index (χ2n) is 4.33. The molecule has 7 heteroatoms. The molecule has 0 bridgehead atoms. The molecule has 0 aliphatic rings. The van der Waals surface area contributed by atoms with Gasteiger partial charge in [-0.1, -0.05) is 0 Å². The van der Waals surface area contributed by atoms with Crippen LogP contribution in [-0.4, -0.2) is 51.1 Å². The quantitative estimate of drug-likeness (QED) is 0.710. The van der Waals surface area contributed by atoms with E-state index in [0.717, 1.165) is 0 Å². The number of amides is 2. The number of rotatable bonds is 5. The highest BCUT2D eigenvalue weighted by Gasteiger charge is 2.23. The standard InChI is InChI=1S/C11H18N4O3/c1-7(2)15(3)11(18)14-9(10(16)17)4-8-5-12-6-13-8/h5-7,9H,4H2,1-3H3,(H,12,13)(H,14,18)(H,16,17). The van der Waals surface area contributed by atoms with E-state index in [-0.39, 0.29) is 12.5 Å². The first-order valence-electron chi connectivity index (χ1n) is 5.65. The van der Waals surface area contributed by atoms with Crippen LogP contribution in [0.4, 0.5) is 4.79 Å². The number of nitrogens with zero attached hydrogens (tertiary/aromatic N) is 2. The summed E-state index contributed by atoms with van der Waals surface area (Å²) in [5.41, 5.74) is 0.662. The fourth-order valence-electron chi connectivity index (χ4n) is 1.30. The third-order valence-electron chi connectivity index (χ3n) is 2.67. The Morgan fingerprint density at radius 2 is 2.22 bits per heavy atom. The van der Waals surface area contributed by atoms with E-state index >= 15 is 0 Å². The lowest BCUT2D eigenvalue weighted by atomic mass is 10.1. The highest BCUT2D eigenvalue weighted by Crippen LogP contribution is 2.01. The molecular weight excluding hydrogens is 236 g/mol. The predicted molar refractivity (Wildman–Crippen MR) is 65.1 cm³/mol. The van der Waals surface area contributed by atoms with Crippen LogP contribution in [0.5, 0.6) is 0 Å². The Hall–Kier alpha value is -2.05. The summed E-state index contributed by atoms with van der Waals surface area (Å²) < 4.78 is 0. The molecule has 18 heavy (non-hydrogen) atoms. The van der Waals surface area contributed by atoms with Crippen LogP contribution in [-0.2, 0) is 11.2 Å². The van der Waals surface area contributed by atoms with Gasteiger partial charge in [-0.05, 0) is 13.8 Å². The fourth-order valence-corrected chi connectivity index (χ4v) is 1.30. The zero-order chi connectivity index (χ0) is 13.7. The van der Waals surface area contributed by atoms with Gasteiger partial charge in [-0.25, -0.2) is 14.6 Å². The Kier molecular flexibility index (Phi) is 4.70. The van der Waals surface area contributed by atoms with Gasteiger partial charge in [0.1, 0.15) is 6.04 Å². The van der Waals surface area contributed by atoms with Gasteiger partial charge in [0.25, 0.3) is 0 Å². The molecule has 1 aromatic rings. The monoisotopic (exact) mass is 254 g/mol. The first-order chi connectivity index (χ1) is 8.41. The lowest BCUT2D eigenvalue weighted by Crippen LogP contribution is -2.49. The second kappa shape index (κ2) is 6.04. The summed E-state index contributed by atoms with van der Waals surface area (Å²) in [6, 6.07) is -1.37. The molecule has 1 rings (SSSR count). The van der Waals surface area contributed by atoms with Gasteiger partial charge in [0.05, 0.1) is 6.33 Å². The van der Waals surface area contributed by atoms with Crippen LogP contribution in [0.2, 0.25) is 0 Å². The van der Waals surface area contributed by atoms with E-state index in [2.05, 4.69) is 15.3 Å². The SMILES string of the molecule is CC(C)N(C)C(=O)NC(Cc1cnc[nH]1)C(=O)O. The van der Waals surface area contributed by atoms with E-state index in [1.807, 2.05) is 13.8 Å². The number of H-pyrrole nitrogens is 1. The summed E-state index contributed by atoms with van der Waals surface area (Å²) in [7, 11) is 1.62. The van der Waals surface area contributed by atoms with E-state index in [1.165, 1.54) is 17.4 Å². The van der Waals surface area contributed by atoms with Gasteiger partial charge in [-0.3, -0.25) is 0 Å². The highest BCUT2D eigenvalue weighted by atomic mass is 16.4. The summed E-state index contributed by atoms with van der Waals surface area (Å²) in [4.78, 5) is 30.9. The number of carbonyl (C=O) groups is 2.